The van der Waals surface area contributed by atoms with Crippen LogP contribution in [0.4, 0.5) is 15.8 Å². The van der Waals surface area contributed by atoms with Crippen LogP contribution in [0.2, 0.25) is 5.02 Å². The van der Waals surface area contributed by atoms with Crippen molar-refractivity contribution >= 4 is 40.5 Å². The standard InChI is InChI=1S/C30H22ClFN4O2/c1-2-14-35-24-9-4-3-8-20(24)30(29(35)38)21(18-33)28(34-15-5-6-16-34)36(19-12-13-23(32)22(31)17-19)25-10-7-11-26(37)27(25)30/h2-6,8-9,12-13,15-17H,1,7,10-11,14H2. The molecule has 2 aliphatic heterocycles. The van der Waals surface area contributed by atoms with Gasteiger partial charge in [0.25, 0.3) is 0 Å². The summed E-state index contributed by atoms with van der Waals surface area (Å²) in [4.78, 5) is 31.8. The Morgan fingerprint density at radius 1 is 1.11 bits per heavy atom. The molecule has 2 aromatic carbocycles. The van der Waals surface area contributed by atoms with Crippen LogP contribution in [0.15, 0.2) is 96.5 Å². The minimum absolute atomic E-state index is 0.0862. The summed E-state index contributed by atoms with van der Waals surface area (Å²) in [5.74, 6) is -0.728. The van der Waals surface area contributed by atoms with Crippen LogP contribution in [0, 0.1) is 17.1 Å². The number of carbonyl (C=O) groups excluding carboxylic acids is 2. The van der Waals surface area contributed by atoms with Crippen molar-refractivity contribution in [3.8, 4) is 6.07 Å². The zero-order chi connectivity index (χ0) is 26.6. The molecule has 0 bridgehead atoms. The van der Waals surface area contributed by atoms with E-state index in [1.165, 1.54) is 12.1 Å². The summed E-state index contributed by atoms with van der Waals surface area (Å²) in [5, 5.41) is 10.7. The molecule has 3 aromatic rings. The predicted octanol–water partition coefficient (Wildman–Crippen LogP) is 5.97. The second-order valence-electron chi connectivity index (χ2n) is 9.40. The van der Waals surface area contributed by atoms with Crippen molar-refractivity contribution in [2.45, 2.75) is 24.7 Å². The molecule has 1 unspecified atom stereocenters. The number of ketones is 1. The molecule has 6 rings (SSSR count). The highest BCUT2D eigenvalue weighted by Gasteiger charge is 2.62. The van der Waals surface area contributed by atoms with Gasteiger partial charge >= 0.3 is 0 Å². The minimum Gasteiger partial charge on any atom is -0.309 e. The van der Waals surface area contributed by atoms with Gasteiger partial charge in [-0.2, -0.15) is 5.26 Å². The molecule has 1 atom stereocenters. The Bertz CT molecular complexity index is 1630. The van der Waals surface area contributed by atoms with Gasteiger partial charge in [-0.15, -0.1) is 6.58 Å². The van der Waals surface area contributed by atoms with Crippen molar-refractivity contribution in [3.63, 3.8) is 0 Å². The first kappa shape index (κ1) is 24.0. The van der Waals surface area contributed by atoms with Crippen LogP contribution in [0.5, 0.6) is 0 Å². The fourth-order valence-electron chi connectivity index (χ4n) is 6.01. The lowest BCUT2D eigenvalue weighted by Crippen LogP contribution is -2.51. The van der Waals surface area contributed by atoms with Crippen LogP contribution in [-0.2, 0) is 15.0 Å². The van der Waals surface area contributed by atoms with Crippen LogP contribution in [-0.4, -0.2) is 22.8 Å². The van der Waals surface area contributed by atoms with E-state index >= 15 is 0 Å². The molecule has 3 aliphatic rings. The van der Waals surface area contributed by atoms with Gasteiger partial charge in [0, 0.05) is 53.6 Å². The number of rotatable bonds is 4. The van der Waals surface area contributed by atoms with Gasteiger partial charge < -0.3 is 9.47 Å². The highest BCUT2D eigenvalue weighted by Crippen LogP contribution is 2.58. The Hall–Kier alpha value is -4.41. The lowest BCUT2D eigenvalue weighted by Gasteiger charge is -2.45. The van der Waals surface area contributed by atoms with Gasteiger partial charge in [0.05, 0.1) is 10.6 Å². The number of para-hydroxylation sites is 1. The summed E-state index contributed by atoms with van der Waals surface area (Å²) >= 11 is 6.20. The minimum atomic E-state index is -1.62. The fourth-order valence-corrected chi connectivity index (χ4v) is 6.19. The summed E-state index contributed by atoms with van der Waals surface area (Å²) in [5.41, 5.74) is 1.11. The van der Waals surface area contributed by atoms with Crippen LogP contribution < -0.4 is 9.80 Å². The van der Waals surface area contributed by atoms with E-state index in [2.05, 4.69) is 12.6 Å². The number of nitriles is 1. The average molecular weight is 525 g/mol. The van der Waals surface area contributed by atoms with Crippen molar-refractivity contribution in [3.05, 3.63) is 113 Å². The van der Waals surface area contributed by atoms with E-state index in [1.54, 1.807) is 38.9 Å². The molecule has 1 aliphatic carbocycles. The number of allylic oxidation sites excluding steroid dienone is 1. The molecule has 0 fully saturated rings. The Balaban J connectivity index is 1.78. The van der Waals surface area contributed by atoms with E-state index < -0.39 is 11.2 Å². The van der Waals surface area contributed by atoms with Gasteiger partial charge in [-0.1, -0.05) is 35.9 Å². The maximum Gasteiger partial charge on any atom is 0.248 e. The van der Waals surface area contributed by atoms with Crippen LogP contribution in [0.25, 0.3) is 5.82 Å². The van der Waals surface area contributed by atoms with Crippen molar-refractivity contribution < 1.29 is 14.0 Å². The highest BCUT2D eigenvalue weighted by molar-refractivity contribution is 6.31. The number of nitrogens with zero attached hydrogens (tertiary/aromatic N) is 4. The summed E-state index contributed by atoms with van der Waals surface area (Å²) < 4.78 is 16.0. The number of Topliss-reactive ketones (excluding diaryl/α,β-unsaturated/α-hetero) is 1. The molecule has 0 radical (unpaired) electrons. The normalized spacial score (nSPS) is 20.7. The summed E-state index contributed by atoms with van der Waals surface area (Å²) in [6.07, 6.45) is 6.50. The van der Waals surface area contributed by atoms with Crippen molar-refractivity contribution in [2.24, 2.45) is 0 Å². The summed E-state index contributed by atoms with van der Waals surface area (Å²) in [7, 11) is 0. The number of amides is 1. The lowest BCUT2D eigenvalue weighted by atomic mass is 9.63. The summed E-state index contributed by atoms with van der Waals surface area (Å²) in [6.45, 7) is 4.04. The molecule has 6 nitrogen and oxygen atoms in total. The van der Waals surface area contributed by atoms with Gasteiger partial charge in [-0.05, 0) is 49.2 Å². The monoisotopic (exact) mass is 524 g/mol. The molecule has 3 heterocycles. The van der Waals surface area contributed by atoms with Gasteiger partial charge in [-0.3, -0.25) is 14.5 Å². The molecular formula is C30H22ClFN4O2. The molecule has 38 heavy (non-hydrogen) atoms. The first-order valence-electron chi connectivity index (χ1n) is 12.3. The van der Waals surface area contributed by atoms with Gasteiger partial charge in [0.15, 0.2) is 5.78 Å². The lowest BCUT2D eigenvalue weighted by molar-refractivity contribution is -0.124. The van der Waals surface area contributed by atoms with Gasteiger partial charge in [0.2, 0.25) is 5.91 Å². The molecule has 1 aromatic heterocycles. The van der Waals surface area contributed by atoms with E-state index in [0.29, 0.717) is 46.9 Å². The number of aromatic nitrogens is 1. The number of fused-ring (bicyclic) bond motifs is 3. The maximum atomic E-state index is 14.6. The molecule has 0 saturated heterocycles. The van der Waals surface area contributed by atoms with E-state index in [9.17, 15) is 19.2 Å². The summed E-state index contributed by atoms with van der Waals surface area (Å²) in [6, 6.07) is 17.6. The predicted molar refractivity (Wildman–Crippen MR) is 144 cm³/mol. The smallest absolute Gasteiger partial charge is 0.248 e. The second kappa shape index (κ2) is 8.86. The molecule has 8 heteroatoms. The van der Waals surface area contributed by atoms with Crippen LogP contribution >= 0.6 is 11.6 Å². The average Bonchev–Trinajstić information content (AvgIpc) is 3.53. The number of benzene rings is 2. The molecule has 0 N–H and O–H groups in total. The highest BCUT2D eigenvalue weighted by atomic mass is 35.5. The number of halogens is 2. The topological polar surface area (TPSA) is 69.3 Å². The Morgan fingerprint density at radius 2 is 1.87 bits per heavy atom. The van der Waals surface area contributed by atoms with Crippen LogP contribution in [0.3, 0.4) is 0 Å². The van der Waals surface area contributed by atoms with Gasteiger partial charge in [0.1, 0.15) is 23.1 Å². The number of carbonyl (C=O) groups is 2. The zero-order valence-electron chi connectivity index (χ0n) is 20.3. The first-order valence-corrected chi connectivity index (χ1v) is 12.7. The second-order valence-corrected chi connectivity index (χ2v) is 9.81. The number of hydrogen-bond acceptors (Lipinski definition) is 4. The maximum absolute atomic E-state index is 14.6. The van der Waals surface area contributed by atoms with Gasteiger partial charge in [-0.25, -0.2) is 4.39 Å². The molecular weight excluding hydrogens is 503 g/mol. The molecule has 1 spiro atoms. The molecule has 188 valence electrons. The van der Waals surface area contributed by atoms with E-state index in [0.717, 1.165) is 0 Å². The number of hydrogen-bond donors (Lipinski definition) is 0. The zero-order valence-corrected chi connectivity index (χ0v) is 21.1. The largest absolute Gasteiger partial charge is 0.309 e. The van der Waals surface area contributed by atoms with E-state index in [4.69, 9.17) is 11.6 Å². The van der Waals surface area contributed by atoms with Crippen molar-refractivity contribution in [2.75, 3.05) is 16.3 Å². The Kier molecular flexibility index (Phi) is 5.59. The quantitative estimate of drug-likeness (QED) is 0.394. The third-order valence-corrected chi connectivity index (χ3v) is 7.73. The number of anilines is 2. The van der Waals surface area contributed by atoms with Crippen molar-refractivity contribution in [1.29, 1.82) is 5.26 Å². The van der Waals surface area contributed by atoms with E-state index in [-0.39, 0.29) is 35.3 Å². The van der Waals surface area contributed by atoms with Crippen LogP contribution in [0.1, 0.15) is 24.8 Å². The SMILES string of the molecule is C=CCN1C(=O)C2(C(C#N)=C(n3cccc3)N(c3ccc(F)c(Cl)c3)C3=C2C(=O)CCC3)c2ccccc21. The molecule has 1 amide bonds. The Labute approximate surface area is 224 Å². The third-order valence-electron chi connectivity index (χ3n) is 7.44. The van der Waals surface area contributed by atoms with E-state index in [1.807, 2.05) is 36.4 Å². The third kappa shape index (κ3) is 3.10. The fraction of sp³-hybridized carbons (Fsp3) is 0.167. The first-order chi connectivity index (χ1) is 18.4. The van der Waals surface area contributed by atoms with Crippen molar-refractivity contribution in [1.82, 2.24) is 4.57 Å². The Morgan fingerprint density at radius 3 is 2.58 bits per heavy atom. The molecule has 0 saturated carbocycles.